The number of aromatic nitrogens is 3. The third kappa shape index (κ3) is 3.50. The van der Waals surface area contributed by atoms with E-state index < -0.39 is 0 Å². The van der Waals surface area contributed by atoms with Gasteiger partial charge < -0.3 is 15.0 Å². The molecule has 5 rings (SSSR count). The fourth-order valence-electron chi connectivity index (χ4n) is 5.02. The molecular weight excluding hydrogens is 394 g/mol. The molecule has 7 heteroatoms. The van der Waals surface area contributed by atoms with E-state index in [9.17, 15) is 0 Å². The highest BCUT2D eigenvalue weighted by atomic mass is 32.1. The molecule has 1 N–H and O–H groups in total. The highest BCUT2D eigenvalue weighted by Gasteiger charge is 2.40. The molecule has 2 aliphatic heterocycles. The van der Waals surface area contributed by atoms with Crippen LogP contribution in [-0.2, 0) is 6.61 Å². The van der Waals surface area contributed by atoms with Crippen molar-refractivity contribution in [2.24, 2.45) is 0 Å². The molecule has 3 aromatic rings. The molecule has 4 heterocycles. The van der Waals surface area contributed by atoms with Crippen LogP contribution in [0, 0.1) is 0 Å². The van der Waals surface area contributed by atoms with E-state index in [1.54, 1.807) is 17.5 Å². The molecule has 1 saturated heterocycles. The Hall–Kier alpha value is -2.38. The molecule has 6 nitrogen and oxygen atoms in total. The van der Waals surface area contributed by atoms with Crippen molar-refractivity contribution in [3.05, 3.63) is 42.4 Å². The first-order chi connectivity index (χ1) is 14.2. The topological polar surface area (TPSA) is 55.2 Å². The zero-order valence-electron chi connectivity index (χ0n) is 18.3. The molecule has 2 aromatic heterocycles. The van der Waals surface area contributed by atoms with E-state index in [2.05, 4.69) is 68.3 Å². The van der Waals surface area contributed by atoms with Crippen molar-refractivity contribution < 1.29 is 4.74 Å². The lowest BCUT2D eigenvalue weighted by atomic mass is 9.79. The predicted octanol–water partition coefficient (Wildman–Crippen LogP) is 4.63. The van der Waals surface area contributed by atoms with Crippen LogP contribution in [0.1, 0.15) is 46.2 Å². The van der Waals surface area contributed by atoms with Gasteiger partial charge in [0.05, 0.1) is 16.3 Å². The minimum Gasteiger partial charge on any atom is -0.486 e. The van der Waals surface area contributed by atoms with Gasteiger partial charge in [0.15, 0.2) is 5.13 Å². The van der Waals surface area contributed by atoms with E-state index in [0.717, 1.165) is 40.7 Å². The van der Waals surface area contributed by atoms with Gasteiger partial charge >= 0.3 is 0 Å². The van der Waals surface area contributed by atoms with Crippen molar-refractivity contribution in [3.63, 3.8) is 0 Å². The average Bonchev–Trinajstić information content (AvgIpc) is 3.34. The van der Waals surface area contributed by atoms with Gasteiger partial charge in [-0.2, -0.15) is 5.10 Å². The summed E-state index contributed by atoms with van der Waals surface area (Å²) < 4.78 is 7.92. The number of anilines is 1. The van der Waals surface area contributed by atoms with Crippen LogP contribution in [0.25, 0.3) is 16.1 Å². The lowest BCUT2D eigenvalue weighted by molar-refractivity contribution is 0.161. The van der Waals surface area contributed by atoms with E-state index >= 15 is 0 Å². The fourth-order valence-corrected chi connectivity index (χ4v) is 6.16. The number of hydrogen-bond acceptors (Lipinski definition) is 6. The minimum absolute atomic E-state index is 0.107. The van der Waals surface area contributed by atoms with Crippen LogP contribution in [0.3, 0.4) is 0 Å². The Labute approximate surface area is 181 Å². The van der Waals surface area contributed by atoms with Crippen LogP contribution in [0.5, 0.6) is 5.75 Å². The van der Waals surface area contributed by atoms with Crippen molar-refractivity contribution in [1.29, 1.82) is 0 Å². The van der Waals surface area contributed by atoms with Crippen molar-refractivity contribution >= 4 is 16.5 Å². The smallest absolute Gasteiger partial charge is 0.186 e. The molecule has 0 unspecified atom stereocenters. The number of benzene rings is 1. The maximum absolute atomic E-state index is 6.07. The number of ether oxygens (including phenoxy) is 1. The molecule has 0 bridgehead atoms. The van der Waals surface area contributed by atoms with Gasteiger partial charge in [-0.25, -0.2) is 9.67 Å². The van der Waals surface area contributed by atoms with E-state index in [0.29, 0.717) is 12.6 Å². The highest BCUT2D eigenvalue weighted by Crippen LogP contribution is 2.45. The Kier molecular flexibility index (Phi) is 4.45. The van der Waals surface area contributed by atoms with E-state index in [1.807, 2.05) is 16.9 Å². The molecule has 1 aromatic carbocycles. The summed E-state index contributed by atoms with van der Waals surface area (Å²) in [4.78, 5) is 8.57. The zero-order valence-corrected chi connectivity index (χ0v) is 19.1. The van der Waals surface area contributed by atoms with Crippen LogP contribution in [0.15, 0.2) is 36.7 Å². The molecule has 0 aliphatic carbocycles. The molecule has 0 radical (unpaired) electrons. The Balaban J connectivity index is 1.45. The van der Waals surface area contributed by atoms with Crippen LogP contribution in [-0.4, -0.2) is 38.9 Å². The molecule has 0 spiro atoms. The van der Waals surface area contributed by atoms with Gasteiger partial charge in [0.25, 0.3) is 0 Å². The maximum Gasteiger partial charge on any atom is 0.186 e. The lowest BCUT2D eigenvalue weighted by Crippen LogP contribution is -2.61. The summed E-state index contributed by atoms with van der Waals surface area (Å²) in [6.45, 7) is 9.69. The Bertz CT molecular complexity index is 1050. The van der Waals surface area contributed by atoms with Crippen LogP contribution in [0.4, 0.5) is 5.13 Å². The summed E-state index contributed by atoms with van der Waals surface area (Å²) in [6, 6.07) is 8.65. The van der Waals surface area contributed by atoms with E-state index in [4.69, 9.17) is 9.72 Å². The summed E-state index contributed by atoms with van der Waals surface area (Å²) in [7, 11) is 2.19. The van der Waals surface area contributed by atoms with Crippen LogP contribution < -0.4 is 15.0 Å². The maximum atomic E-state index is 6.07. The summed E-state index contributed by atoms with van der Waals surface area (Å²) in [5.74, 6) is 0.900. The number of piperidine rings is 1. The predicted molar refractivity (Wildman–Crippen MR) is 122 cm³/mol. The Morgan fingerprint density at radius 1 is 1.20 bits per heavy atom. The van der Waals surface area contributed by atoms with Crippen molar-refractivity contribution in [2.75, 3.05) is 11.9 Å². The Morgan fingerprint density at radius 2 is 1.97 bits per heavy atom. The molecule has 30 heavy (non-hydrogen) atoms. The number of rotatable bonds is 3. The molecular formula is C23H29N5OS. The standard InChI is InChI=1S/C23H29N5OS/c1-22(2)12-16(13-23(3,4)26-22)27(5)21-25-18-14-29-19-11-15(28-10-6-9-24-28)7-8-17(19)20(18)30-21/h6-11,16,26H,12-14H2,1-5H3. The third-order valence-electron chi connectivity index (χ3n) is 6.05. The van der Waals surface area contributed by atoms with Gasteiger partial charge in [0.1, 0.15) is 12.4 Å². The highest BCUT2D eigenvalue weighted by molar-refractivity contribution is 7.19. The van der Waals surface area contributed by atoms with Crippen LogP contribution in [0.2, 0.25) is 0 Å². The second-order valence-electron chi connectivity index (χ2n) is 9.76. The number of nitrogens with zero attached hydrogens (tertiary/aromatic N) is 4. The molecule has 1 fully saturated rings. The van der Waals surface area contributed by atoms with E-state index in [1.165, 1.54) is 4.88 Å². The van der Waals surface area contributed by atoms with Gasteiger partial charge in [-0.15, -0.1) is 0 Å². The minimum atomic E-state index is 0.107. The van der Waals surface area contributed by atoms with Gasteiger partial charge in [0.2, 0.25) is 0 Å². The Morgan fingerprint density at radius 3 is 2.67 bits per heavy atom. The monoisotopic (exact) mass is 423 g/mol. The second kappa shape index (κ2) is 6.82. The normalized spacial score (nSPS) is 19.6. The first kappa shape index (κ1) is 19.6. The molecule has 0 saturated carbocycles. The molecule has 2 aliphatic rings. The quantitative estimate of drug-likeness (QED) is 0.665. The number of fused-ring (bicyclic) bond motifs is 3. The molecule has 0 amide bonds. The van der Waals surface area contributed by atoms with Crippen LogP contribution >= 0.6 is 11.3 Å². The second-order valence-corrected chi connectivity index (χ2v) is 10.7. The molecule has 158 valence electrons. The van der Waals surface area contributed by atoms with Gasteiger partial charge in [-0.05, 0) is 58.7 Å². The SMILES string of the molecule is CN(c1nc2c(s1)-c1ccc(-n3cccn3)cc1OC2)C1CC(C)(C)NC(C)(C)C1. The van der Waals surface area contributed by atoms with Gasteiger partial charge in [-0.1, -0.05) is 11.3 Å². The summed E-state index contributed by atoms with van der Waals surface area (Å²) in [5.41, 5.74) is 3.37. The van der Waals surface area contributed by atoms with Crippen molar-refractivity contribution in [1.82, 2.24) is 20.1 Å². The van der Waals surface area contributed by atoms with Gasteiger partial charge in [0, 0.05) is 48.2 Å². The first-order valence-corrected chi connectivity index (χ1v) is 11.3. The fraction of sp³-hybridized carbons (Fsp3) is 0.478. The third-order valence-corrected chi connectivity index (χ3v) is 7.27. The summed E-state index contributed by atoms with van der Waals surface area (Å²) >= 11 is 1.78. The van der Waals surface area contributed by atoms with Gasteiger partial charge in [-0.3, -0.25) is 0 Å². The summed E-state index contributed by atoms with van der Waals surface area (Å²) in [5, 5.41) is 9.17. The van der Waals surface area contributed by atoms with Crippen molar-refractivity contribution in [3.8, 4) is 21.9 Å². The first-order valence-electron chi connectivity index (χ1n) is 10.5. The molecule has 0 atom stereocenters. The number of thiazole rings is 1. The number of hydrogen-bond donors (Lipinski definition) is 1. The van der Waals surface area contributed by atoms with Crippen molar-refractivity contribution in [2.45, 2.75) is 64.3 Å². The van der Waals surface area contributed by atoms with E-state index in [-0.39, 0.29) is 11.1 Å². The lowest BCUT2D eigenvalue weighted by Gasteiger charge is -2.48. The average molecular weight is 424 g/mol. The number of nitrogens with one attached hydrogen (secondary N) is 1. The largest absolute Gasteiger partial charge is 0.486 e. The summed E-state index contributed by atoms with van der Waals surface area (Å²) in [6.07, 6.45) is 5.92. The zero-order chi connectivity index (χ0) is 21.1.